The Bertz CT molecular complexity index is 717. The van der Waals surface area contributed by atoms with Crippen LogP contribution in [0.2, 0.25) is 0 Å². The van der Waals surface area contributed by atoms with Gasteiger partial charge in [-0.1, -0.05) is 0 Å². The summed E-state index contributed by atoms with van der Waals surface area (Å²) in [7, 11) is 0. The first kappa shape index (κ1) is 12.3. The van der Waals surface area contributed by atoms with Gasteiger partial charge in [0, 0.05) is 0 Å². The van der Waals surface area contributed by atoms with Gasteiger partial charge in [-0.25, -0.2) is 0 Å². The Kier molecular flexibility index (Phi) is 3.29. The number of fused-ring (bicyclic) bond motifs is 1. The van der Waals surface area contributed by atoms with Crippen LogP contribution < -0.4 is 8.92 Å². The summed E-state index contributed by atoms with van der Waals surface area (Å²) < 4.78 is 2.35. The molecule has 0 atom stereocenters. The summed E-state index contributed by atoms with van der Waals surface area (Å²) in [6, 6.07) is 20.5. The zero-order chi connectivity index (χ0) is 13.2. The van der Waals surface area contributed by atoms with Crippen LogP contribution in [0.1, 0.15) is 5.56 Å². The van der Waals surface area contributed by atoms with Crippen LogP contribution in [0.25, 0.3) is 10.8 Å². The topological polar surface area (TPSA) is 20.2 Å². The standard InChI is InChI=1S/C17H14OSe/c1-12-6-9-14(10-7-12)19-17-15-5-3-2-4-13(15)8-11-16(17)18/h2-11,18H,1H3. The Labute approximate surface area is 119 Å². The second-order valence-electron chi connectivity index (χ2n) is 4.55. The number of phenolic OH excluding ortho intramolecular Hbond substituents is 1. The van der Waals surface area contributed by atoms with Gasteiger partial charge in [-0.15, -0.1) is 0 Å². The van der Waals surface area contributed by atoms with Crippen molar-refractivity contribution in [2.45, 2.75) is 6.92 Å². The van der Waals surface area contributed by atoms with E-state index in [-0.39, 0.29) is 15.0 Å². The summed E-state index contributed by atoms with van der Waals surface area (Å²) >= 11 is 0.124. The van der Waals surface area contributed by atoms with E-state index in [1.54, 1.807) is 6.07 Å². The van der Waals surface area contributed by atoms with Crippen LogP contribution in [0.15, 0.2) is 60.7 Å². The third-order valence-electron chi connectivity index (χ3n) is 3.10. The van der Waals surface area contributed by atoms with E-state index in [0.717, 1.165) is 9.85 Å². The quantitative estimate of drug-likeness (QED) is 0.721. The molecule has 1 nitrogen and oxygen atoms in total. The third-order valence-corrected chi connectivity index (χ3v) is 5.49. The Balaban J connectivity index is 2.09. The Morgan fingerprint density at radius 1 is 0.842 bits per heavy atom. The first-order valence-corrected chi connectivity index (χ1v) is 7.90. The van der Waals surface area contributed by atoms with Crippen LogP contribution in [0.4, 0.5) is 0 Å². The van der Waals surface area contributed by atoms with E-state index in [2.05, 4.69) is 43.3 Å². The Hall–Kier alpha value is -1.76. The summed E-state index contributed by atoms with van der Waals surface area (Å²) in [6.07, 6.45) is 0. The minimum atomic E-state index is 0.124. The monoisotopic (exact) mass is 314 g/mol. The molecule has 3 aromatic rings. The molecule has 0 aliphatic heterocycles. The van der Waals surface area contributed by atoms with Gasteiger partial charge in [0.2, 0.25) is 0 Å². The predicted octanol–water partition coefficient (Wildman–Crippen LogP) is 2.51. The predicted molar refractivity (Wildman–Crippen MR) is 81.8 cm³/mol. The van der Waals surface area contributed by atoms with E-state index in [9.17, 15) is 5.11 Å². The van der Waals surface area contributed by atoms with E-state index in [4.69, 9.17) is 0 Å². The van der Waals surface area contributed by atoms with Crippen molar-refractivity contribution in [2.75, 3.05) is 0 Å². The molecular weight excluding hydrogens is 299 g/mol. The number of aromatic hydroxyl groups is 1. The van der Waals surface area contributed by atoms with Crippen molar-refractivity contribution in [3.8, 4) is 5.75 Å². The van der Waals surface area contributed by atoms with Crippen LogP contribution in [0, 0.1) is 6.92 Å². The molecule has 0 aliphatic rings. The molecule has 0 heterocycles. The normalized spacial score (nSPS) is 10.8. The number of hydrogen-bond donors (Lipinski definition) is 1. The molecule has 0 unspecified atom stereocenters. The van der Waals surface area contributed by atoms with Gasteiger partial charge in [-0.2, -0.15) is 0 Å². The van der Waals surface area contributed by atoms with Crippen LogP contribution in [-0.2, 0) is 0 Å². The second kappa shape index (κ2) is 5.08. The van der Waals surface area contributed by atoms with Gasteiger partial charge < -0.3 is 0 Å². The van der Waals surface area contributed by atoms with Crippen molar-refractivity contribution in [3.05, 3.63) is 66.2 Å². The number of phenols is 1. The molecule has 0 fully saturated rings. The van der Waals surface area contributed by atoms with Gasteiger partial charge >= 0.3 is 119 Å². The van der Waals surface area contributed by atoms with Crippen molar-refractivity contribution in [1.29, 1.82) is 0 Å². The third kappa shape index (κ3) is 2.51. The fraction of sp³-hybridized carbons (Fsp3) is 0.0588. The molecule has 94 valence electrons. The molecule has 0 saturated carbocycles. The number of rotatable bonds is 2. The van der Waals surface area contributed by atoms with Gasteiger partial charge in [-0.05, 0) is 0 Å². The summed E-state index contributed by atoms with van der Waals surface area (Å²) in [5.74, 6) is 0.402. The van der Waals surface area contributed by atoms with Crippen molar-refractivity contribution >= 4 is 34.7 Å². The molecule has 19 heavy (non-hydrogen) atoms. The SMILES string of the molecule is Cc1ccc([Se]c2c(O)ccc3ccccc23)cc1. The maximum absolute atomic E-state index is 10.1. The van der Waals surface area contributed by atoms with Crippen LogP contribution >= 0.6 is 0 Å². The molecule has 0 saturated heterocycles. The maximum atomic E-state index is 10.1. The molecule has 1 N–H and O–H groups in total. The van der Waals surface area contributed by atoms with E-state index in [0.29, 0.717) is 5.75 Å². The Morgan fingerprint density at radius 3 is 2.37 bits per heavy atom. The van der Waals surface area contributed by atoms with Crippen molar-refractivity contribution in [2.24, 2.45) is 0 Å². The van der Waals surface area contributed by atoms with Gasteiger partial charge in [-0.3, -0.25) is 0 Å². The zero-order valence-electron chi connectivity index (χ0n) is 10.6. The molecule has 0 radical (unpaired) electrons. The summed E-state index contributed by atoms with van der Waals surface area (Å²) in [4.78, 5) is 0. The van der Waals surface area contributed by atoms with Crippen molar-refractivity contribution < 1.29 is 5.11 Å². The summed E-state index contributed by atoms with van der Waals surface area (Å²) in [5, 5.41) is 12.5. The molecule has 0 aromatic heterocycles. The number of aryl methyl sites for hydroxylation is 1. The average molecular weight is 313 g/mol. The number of hydrogen-bond acceptors (Lipinski definition) is 1. The first-order chi connectivity index (χ1) is 9.24. The van der Waals surface area contributed by atoms with E-state index >= 15 is 0 Å². The Morgan fingerprint density at radius 2 is 1.58 bits per heavy atom. The molecular formula is C17H14OSe. The molecule has 3 rings (SSSR count). The van der Waals surface area contributed by atoms with Gasteiger partial charge in [0.05, 0.1) is 0 Å². The molecule has 0 aliphatic carbocycles. The van der Waals surface area contributed by atoms with Crippen LogP contribution in [0.5, 0.6) is 5.75 Å². The van der Waals surface area contributed by atoms with E-state index in [1.807, 2.05) is 18.2 Å². The summed E-state index contributed by atoms with van der Waals surface area (Å²) in [5.41, 5.74) is 1.27. The number of benzene rings is 3. The van der Waals surface area contributed by atoms with Gasteiger partial charge in [0.1, 0.15) is 0 Å². The first-order valence-electron chi connectivity index (χ1n) is 6.19. The fourth-order valence-corrected chi connectivity index (χ4v) is 4.11. The van der Waals surface area contributed by atoms with Crippen LogP contribution in [0.3, 0.4) is 0 Å². The van der Waals surface area contributed by atoms with Crippen LogP contribution in [-0.4, -0.2) is 20.1 Å². The molecule has 0 amide bonds. The van der Waals surface area contributed by atoms with Gasteiger partial charge in [0.25, 0.3) is 0 Å². The zero-order valence-corrected chi connectivity index (χ0v) is 12.3. The van der Waals surface area contributed by atoms with Crippen molar-refractivity contribution in [1.82, 2.24) is 0 Å². The van der Waals surface area contributed by atoms with E-state index in [1.165, 1.54) is 15.4 Å². The van der Waals surface area contributed by atoms with Crippen molar-refractivity contribution in [3.63, 3.8) is 0 Å². The van der Waals surface area contributed by atoms with Gasteiger partial charge in [0.15, 0.2) is 0 Å². The fourth-order valence-electron chi connectivity index (χ4n) is 2.06. The second-order valence-corrected chi connectivity index (χ2v) is 6.82. The average Bonchev–Trinajstić information content (AvgIpc) is 2.44. The van der Waals surface area contributed by atoms with E-state index < -0.39 is 0 Å². The molecule has 2 heteroatoms. The molecule has 0 spiro atoms. The summed E-state index contributed by atoms with van der Waals surface area (Å²) in [6.45, 7) is 2.09. The molecule has 3 aromatic carbocycles. The minimum absolute atomic E-state index is 0.124. The molecule has 0 bridgehead atoms.